The fourth-order valence-electron chi connectivity index (χ4n) is 4.39. The molecule has 0 atom stereocenters. The molecule has 8 nitrogen and oxygen atoms in total. The van der Waals surface area contributed by atoms with Crippen LogP contribution in [0.1, 0.15) is 16.7 Å². The Morgan fingerprint density at radius 3 is 1.86 bits per heavy atom. The fourth-order valence-corrected chi connectivity index (χ4v) is 4.39. The maximum atomic E-state index is 10.8. The number of ether oxygens (including phenoxy) is 1. The first-order chi connectivity index (χ1) is 18.2. The number of hydrogen-bond donors (Lipinski definition) is 1. The zero-order valence-corrected chi connectivity index (χ0v) is 20.0. The van der Waals surface area contributed by atoms with Gasteiger partial charge < -0.3 is 10.1 Å². The minimum Gasteiger partial charge on any atom is -0.476 e. The number of rotatable bonds is 10. The molecule has 5 aromatic rings. The van der Waals surface area contributed by atoms with Crippen LogP contribution in [0.5, 0.6) is 5.88 Å². The highest BCUT2D eigenvalue weighted by Gasteiger charge is 2.37. The Kier molecular flexibility index (Phi) is 6.89. The van der Waals surface area contributed by atoms with Crippen LogP contribution in [0.15, 0.2) is 122 Å². The second-order valence-electron chi connectivity index (χ2n) is 8.37. The maximum Gasteiger partial charge on any atom is 0.287 e. The van der Waals surface area contributed by atoms with Gasteiger partial charge in [0.05, 0.1) is 17.7 Å². The molecule has 0 bridgehead atoms. The van der Waals surface area contributed by atoms with E-state index in [2.05, 4.69) is 51.8 Å². The maximum absolute atomic E-state index is 10.8. The smallest absolute Gasteiger partial charge is 0.287 e. The fraction of sp³-hybridized carbons (Fsp3) is 0.103. The number of nitrogens with zero attached hydrogens (tertiary/aromatic N) is 4. The Balaban J connectivity index is 1.46. The third kappa shape index (κ3) is 5.04. The van der Waals surface area contributed by atoms with Crippen molar-refractivity contribution < 1.29 is 9.66 Å². The Labute approximate surface area is 214 Å². The van der Waals surface area contributed by atoms with Gasteiger partial charge in [-0.1, -0.05) is 91.0 Å². The highest BCUT2D eigenvalue weighted by Crippen LogP contribution is 2.39. The molecule has 1 N–H and O–H groups in total. The van der Waals surface area contributed by atoms with Crippen LogP contribution in [-0.4, -0.2) is 26.3 Å². The van der Waals surface area contributed by atoms with E-state index >= 15 is 0 Å². The lowest BCUT2D eigenvalue weighted by Crippen LogP contribution is -2.39. The van der Waals surface area contributed by atoms with Gasteiger partial charge in [0.25, 0.3) is 5.69 Å². The lowest BCUT2D eigenvalue weighted by molar-refractivity contribution is -0.385. The third-order valence-electron chi connectivity index (χ3n) is 6.14. The summed E-state index contributed by atoms with van der Waals surface area (Å²) >= 11 is 0. The predicted molar refractivity (Wildman–Crippen MR) is 141 cm³/mol. The summed E-state index contributed by atoms with van der Waals surface area (Å²) in [5.74, 6) is 1.14. The summed E-state index contributed by atoms with van der Waals surface area (Å²) in [7, 11) is 0. The molecule has 2 heterocycles. The number of nitrogens with one attached hydrogen (secondary N) is 1. The van der Waals surface area contributed by atoms with Crippen molar-refractivity contribution in [3.8, 4) is 5.88 Å². The lowest BCUT2D eigenvalue weighted by atomic mass is 9.77. The molecule has 0 unspecified atom stereocenters. The van der Waals surface area contributed by atoms with Gasteiger partial charge in [0, 0.05) is 18.2 Å². The van der Waals surface area contributed by atoms with E-state index in [1.54, 1.807) is 6.20 Å². The summed E-state index contributed by atoms with van der Waals surface area (Å²) in [6.45, 7) is 0.735. The molecule has 0 radical (unpaired) electrons. The number of nitro groups is 1. The van der Waals surface area contributed by atoms with Crippen LogP contribution in [0, 0.1) is 10.1 Å². The Hall–Kier alpha value is -4.98. The van der Waals surface area contributed by atoms with E-state index in [4.69, 9.17) is 4.74 Å². The molecule has 0 aliphatic rings. The molecule has 0 fully saturated rings. The molecule has 3 aromatic carbocycles. The summed E-state index contributed by atoms with van der Waals surface area (Å²) in [6, 6.07) is 35.8. The van der Waals surface area contributed by atoms with E-state index in [1.165, 1.54) is 18.3 Å². The molecule has 0 saturated carbocycles. The average Bonchev–Trinajstić information content (AvgIpc) is 3.40. The summed E-state index contributed by atoms with van der Waals surface area (Å²) in [5.41, 5.74) is 2.51. The average molecular weight is 492 g/mol. The first-order valence-electron chi connectivity index (χ1n) is 11.9. The predicted octanol–water partition coefficient (Wildman–Crippen LogP) is 5.67. The van der Waals surface area contributed by atoms with Crippen molar-refractivity contribution >= 4 is 11.5 Å². The van der Waals surface area contributed by atoms with E-state index in [0.29, 0.717) is 12.4 Å². The van der Waals surface area contributed by atoms with Crippen LogP contribution >= 0.6 is 0 Å². The van der Waals surface area contributed by atoms with E-state index in [0.717, 1.165) is 22.5 Å². The molecule has 0 amide bonds. The number of anilines is 1. The van der Waals surface area contributed by atoms with Gasteiger partial charge in [0.2, 0.25) is 5.88 Å². The van der Waals surface area contributed by atoms with Gasteiger partial charge in [0.15, 0.2) is 0 Å². The van der Waals surface area contributed by atoms with Gasteiger partial charge in [-0.25, -0.2) is 9.67 Å². The summed E-state index contributed by atoms with van der Waals surface area (Å²) in [6.07, 6.45) is 2.93. The van der Waals surface area contributed by atoms with E-state index in [9.17, 15) is 10.1 Å². The van der Waals surface area contributed by atoms with Crippen LogP contribution in [0.25, 0.3) is 0 Å². The molecular weight excluding hydrogens is 466 g/mol. The molecular formula is C29H25N5O3. The zero-order chi connectivity index (χ0) is 25.5. The van der Waals surface area contributed by atoms with Crippen LogP contribution in [0.2, 0.25) is 0 Å². The van der Waals surface area contributed by atoms with E-state index in [1.807, 2.05) is 65.3 Å². The van der Waals surface area contributed by atoms with Crippen LogP contribution in [0.3, 0.4) is 0 Å². The molecule has 0 aliphatic heterocycles. The molecule has 0 spiro atoms. The molecule has 5 rings (SSSR count). The standard InChI is InChI=1S/C29H25N5O3/c35-34(36)26-16-17-28(30-22-26)37-21-20-33-27(18-19-31-33)32-29(23-10-4-1-5-11-23,24-12-6-2-7-13-24)25-14-8-3-9-15-25/h1-19,22,32H,20-21H2. The SMILES string of the molecule is O=[N+]([O-])c1ccc(OCCn2nccc2NC(c2ccccc2)(c2ccccc2)c2ccccc2)nc1. The minimum atomic E-state index is -0.678. The second-order valence-corrected chi connectivity index (χ2v) is 8.37. The van der Waals surface area contributed by atoms with Gasteiger partial charge in [0.1, 0.15) is 24.2 Å². The normalized spacial score (nSPS) is 11.1. The van der Waals surface area contributed by atoms with E-state index in [-0.39, 0.29) is 12.3 Å². The van der Waals surface area contributed by atoms with Crippen molar-refractivity contribution in [1.29, 1.82) is 0 Å². The summed E-state index contributed by atoms with van der Waals surface area (Å²) in [5, 5.41) is 19.2. The molecule has 37 heavy (non-hydrogen) atoms. The summed E-state index contributed by atoms with van der Waals surface area (Å²) in [4.78, 5) is 14.4. The van der Waals surface area contributed by atoms with Crippen molar-refractivity contribution in [2.45, 2.75) is 12.1 Å². The number of pyridine rings is 1. The van der Waals surface area contributed by atoms with E-state index < -0.39 is 10.5 Å². The van der Waals surface area contributed by atoms with Gasteiger partial charge in [-0.3, -0.25) is 10.1 Å². The van der Waals surface area contributed by atoms with Gasteiger partial charge in [-0.2, -0.15) is 5.10 Å². The highest BCUT2D eigenvalue weighted by atomic mass is 16.6. The Morgan fingerprint density at radius 1 is 0.811 bits per heavy atom. The third-order valence-corrected chi connectivity index (χ3v) is 6.14. The molecule has 2 aromatic heterocycles. The molecule has 184 valence electrons. The van der Waals surface area contributed by atoms with Crippen LogP contribution in [0.4, 0.5) is 11.5 Å². The van der Waals surface area contributed by atoms with Crippen molar-refractivity contribution in [2.75, 3.05) is 11.9 Å². The summed E-state index contributed by atoms with van der Waals surface area (Å²) < 4.78 is 7.57. The first-order valence-corrected chi connectivity index (χ1v) is 11.9. The van der Waals surface area contributed by atoms with Gasteiger partial charge >= 0.3 is 0 Å². The molecule has 8 heteroatoms. The second kappa shape index (κ2) is 10.7. The first kappa shape index (κ1) is 23.7. The number of hydrogen-bond acceptors (Lipinski definition) is 6. The zero-order valence-electron chi connectivity index (χ0n) is 20.0. The lowest BCUT2D eigenvalue weighted by Gasteiger charge is -2.37. The minimum absolute atomic E-state index is 0.0787. The van der Waals surface area contributed by atoms with Crippen LogP contribution in [-0.2, 0) is 12.1 Å². The Bertz CT molecular complexity index is 1340. The monoisotopic (exact) mass is 491 g/mol. The van der Waals surface area contributed by atoms with Gasteiger partial charge in [-0.05, 0) is 16.7 Å². The topological polar surface area (TPSA) is 95.1 Å². The van der Waals surface area contributed by atoms with Crippen molar-refractivity contribution in [1.82, 2.24) is 14.8 Å². The van der Waals surface area contributed by atoms with Crippen molar-refractivity contribution in [2.24, 2.45) is 0 Å². The largest absolute Gasteiger partial charge is 0.476 e. The van der Waals surface area contributed by atoms with Crippen molar-refractivity contribution in [3.05, 3.63) is 148 Å². The molecule has 0 aliphatic carbocycles. The van der Waals surface area contributed by atoms with Crippen molar-refractivity contribution in [3.63, 3.8) is 0 Å². The number of benzene rings is 3. The van der Waals surface area contributed by atoms with Crippen LogP contribution < -0.4 is 10.1 Å². The highest BCUT2D eigenvalue weighted by molar-refractivity contribution is 5.58. The number of aromatic nitrogens is 3. The Morgan fingerprint density at radius 2 is 1.38 bits per heavy atom. The quantitative estimate of drug-likeness (QED) is 0.154. The molecule has 0 saturated heterocycles. The van der Waals surface area contributed by atoms with Gasteiger partial charge in [-0.15, -0.1) is 0 Å².